The summed E-state index contributed by atoms with van der Waals surface area (Å²) in [5.74, 6) is -0.305. The van der Waals surface area contributed by atoms with Gasteiger partial charge in [-0.3, -0.25) is 9.82 Å². The van der Waals surface area contributed by atoms with Crippen molar-refractivity contribution in [3.63, 3.8) is 0 Å². The maximum absolute atomic E-state index is 12.6. The Balaban J connectivity index is 1.56. The molecule has 0 spiro atoms. The highest BCUT2D eigenvalue weighted by Crippen LogP contribution is 2.32. The summed E-state index contributed by atoms with van der Waals surface area (Å²) < 4.78 is 68.0. The van der Waals surface area contributed by atoms with Gasteiger partial charge in [0.05, 0.1) is 26.8 Å². The predicted octanol–water partition coefficient (Wildman–Crippen LogP) is 4.56. The van der Waals surface area contributed by atoms with Gasteiger partial charge < -0.3 is 10.5 Å². The van der Waals surface area contributed by atoms with Gasteiger partial charge in [-0.15, -0.1) is 13.2 Å². The van der Waals surface area contributed by atoms with Crippen LogP contribution in [-0.2, 0) is 10.0 Å². The average Bonchev–Trinajstić information content (AvgIpc) is 3.07. The van der Waals surface area contributed by atoms with E-state index in [0.717, 1.165) is 24.3 Å². The number of aromatic nitrogens is 3. The van der Waals surface area contributed by atoms with Crippen molar-refractivity contribution in [3.8, 4) is 17.0 Å². The van der Waals surface area contributed by atoms with Crippen LogP contribution in [0.25, 0.3) is 22.3 Å². The SMILES string of the molecule is Nc1n[nH]c2ccc(-c3ccc(NS(=O)(=O)c4ccc(OC(F)(F)F)cc4)cc3Cl)nc12. The summed E-state index contributed by atoms with van der Waals surface area (Å²) in [6.45, 7) is 0. The van der Waals surface area contributed by atoms with Crippen LogP contribution in [0.15, 0.2) is 59.5 Å². The lowest BCUT2D eigenvalue weighted by molar-refractivity contribution is -0.274. The van der Waals surface area contributed by atoms with E-state index in [1.807, 2.05) is 0 Å². The molecule has 8 nitrogen and oxygen atoms in total. The number of ether oxygens (including phenoxy) is 1. The molecule has 32 heavy (non-hydrogen) atoms. The first kappa shape index (κ1) is 21.7. The van der Waals surface area contributed by atoms with Gasteiger partial charge in [0.15, 0.2) is 5.82 Å². The van der Waals surface area contributed by atoms with Crippen LogP contribution in [0.1, 0.15) is 0 Å². The standard InChI is InChI=1S/C19H13ClF3N5O3S/c20-14-9-10(1-6-13(14)15-7-8-16-17(25-15)18(24)27-26-16)28-32(29,30)12-4-2-11(3-5-12)31-19(21,22)23/h1-9,28H,(H3,24,26,27). The van der Waals surface area contributed by atoms with E-state index >= 15 is 0 Å². The molecule has 0 atom stereocenters. The molecule has 166 valence electrons. The first-order valence-electron chi connectivity index (χ1n) is 8.81. The Morgan fingerprint density at radius 2 is 1.78 bits per heavy atom. The molecule has 4 aromatic rings. The molecule has 2 aromatic heterocycles. The van der Waals surface area contributed by atoms with Crippen LogP contribution < -0.4 is 15.2 Å². The second-order valence-electron chi connectivity index (χ2n) is 6.52. The Kier molecular flexibility index (Phi) is 5.34. The summed E-state index contributed by atoms with van der Waals surface area (Å²) >= 11 is 6.33. The summed E-state index contributed by atoms with van der Waals surface area (Å²) in [7, 11) is -4.08. The van der Waals surface area contributed by atoms with Gasteiger partial charge in [-0.25, -0.2) is 13.4 Å². The second-order valence-corrected chi connectivity index (χ2v) is 8.61. The molecule has 0 radical (unpaired) electrons. The molecule has 0 fully saturated rings. The van der Waals surface area contributed by atoms with Gasteiger partial charge in [0, 0.05) is 5.56 Å². The van der Waals surface area contributed by atoms with Crippen molar-refractivity contribution in [2.75, 3.05) is 10.5 Å². The van der Waals surface area contributed by atoms with Gasteiger partial charge >= 0.3 is 6.36 Å². The number of aromatic amines is 1. The lowest BCUT2D eigenvalue weighted by Crippen LogP contribution is -2.17. The van der Waals surface area contributed by atoms with Crippen molar-refractivity contribution >= 4 is 44.2 Å². The van der Waals surface area contributed by atoms with Gasteiger partial charge in [0.1, 0.15) is 11.3 Å². The largest absolute Gasteiger partial charge is 0.573 e. The summed E-state index contributed by atoms with van der Waals surface area (Å²) in [5.41, 5.74) is 8.09. The average molecular weight is 484 g/mol. The highest BCUT2D eigenvalue weighted by Gasteiger charge is 2.31. The molecule has 0 saturated carbocycles. The van der Waals surface area contributed by atoms with Crippen molar-refractivity contribution in [1.29, 1.82) is 0 Å². The second kappa shape index (κ2) is 7.88. The molecule has 0 saturated heterocycles. The lowest BCUT2D eigenvalue weighted by atomic mass is 10.1. The Morgan fingerprint density at radius 1 is 1.06 bits per heavy atom. The summed E-state index contributed by atoms with van der Waals surface area (Å²) in [6.07, 6.45) is -4.88. The number of anilines is 2. The molecule has 4 N–H and O–H groups in total. The zero-order valence-electron chi connectivity index (χ0n) is 15.8. The monoisotopic (exact) mass is 483 g/mol. The van der Waals surface area contributed by atoms with Crippen LogP contribution in [-0.4, -0.2) is 30.0 Å². The van der Waals surface area contributed by atoms with Crippen molar-refractivity contribution < 1.29 is 26.3 Å². The summed E-state index contributed by atoms with van der Waals surface area (Å²) in [5, 5.41) is 6.83. The minimum absolute atomic E-state index is 0.151. The molecule has 2 heterocycles. The number of H-pyrrole nitrogens is 1. The predicted molar refractivity (Wildman–Crippen MR) is 113 cm³/mol. The third kappa shape index (κ3) is 4.55. The first-order valence-corrected chi connectivity index (χ1v) is 10.7. The van der Waals surface area contributed by atoms with E-state index in [2.05, 4.69) is 24.6 Å². The van der Waals surface area contributed by atoms with E-state index in [-0.39, 0.29) is 21.4 Å². The normalized spacial score (nSPS) is 12.1. The number of hydrogen-bond acceptors (Lipinski definition) is 6. The van der Waals surface area contributed by atoms with Crippen molar-refractivity contribution in [2.45, 2.75) is 11.3 Å². The smallest absolute Gasteiger partial charge is 0.406 e. The maximum Gasteiger partial charge on any atom is 0.573 e. The number of rotatable bonds is 5. The quantitative estimate of drug-likeness (QED) is 0.382. The summed E-state index contributed by atoms with van der Waals surface area (Å²) in [4.78, 5) is 4.16. The van der Waals surface area contributed by atoms with Crippen LogP contribution in [0, 0.1) is 0 Å². The number of nitrogens with zero attached hydrogens (tertiary/aromatic N) is 2. The Hall–Kier alpha value is -3.51. The van der Waals surface area contributed by atoms with Gasteiger partial charge in [-0.2, -0.15) is 5.10 Å². The van der Waals surface area contributed by atoms with E-state index in [4.69, 9.17) is 17.3 Å². The van der Waals surface area contributed by atoms with Crippen LogP contribution in [0.3, 0.4) is 0 Å². The molecular formula is C19H13ClF3N5O3S. The number of nitrogens with one attached hydrogen (secondary N) is 2. The van der Waals surface area contributed by atoms with Crippen molar-refractivity contribution in [1.82, 2.24) is 15.2 Å². The fourth-order valence-corrected chi connectivity index (χ4v) is 4.22. The molecule has 0 unspecified atom stereocenters. The molecular weight excluding hydrogens is 471 g/mol. The van der Waals surface area contributed by atoms with Crippen LogP contribution >= 0.6 is 11.6 Å². The Bertz CT molecular complexity index is 1410. The van der Waals surface area contributed by atoms with Crippen molar-refractivity contribution in [3.05, 3.63) is 59.6 Å². The van der Waals surface area contributed by atoms with Gasteiger partial charge in [-0.05, 0) is 54.6 Å². The molecule has 4 rings (SSSR count). The van der Waals surface area contributed by atoms with Gasteiger partial charge in [0.25, 0.3) is 10.0 Å². The Morgan fingerprint density at radius 3 is 2.44 bits per heavy atom. The number of nitrogens with two attached hydrogens (primary N) is 1. The topological polar surface area (TPSA) is 123 Å². The van der Waals surface area contributed by atoms with Crippen LogP contribution in [0.2, 0.25) is 5.02 Å². The zero-order chi connectivity index (χ0) is 23.1. The molecule has 0 amide bonds. The molecule has 0 aliphatic carbocycles. The van der Waals surface area contributed by atoms with Gasteiger partial charge in [-0.1, -0.05) is 11.6 Å². The summed E-state index contributed by atoms with van der Waals surface area (Å²) in [6, 6.07) is 11.7. The fraction of sp³-hybridized carbons (Fsp3) is 0.0526. The number of nitrogen functional groups attached to an aromatic ring is 1. The van der Waals surface area contributed by atoms with E-state index < -0.39 is 22.1 Å². The van der Waals surface area contributed by atoms with E-state index in [9.17, 15) is 21.6 Å². The van der Waals surface area contributed by atoms with Crippen LogP contribution in [0.4, 0.5) is 24.7 Å². The number of halogens is 4. The molecule has 13 heteroatoms. The molecule has 0 aliphatic heterocycles. The zero-order valence-corrected chi connectivity index (χ0v) is 17.4. The number of pyridine rings is 1. The van der Waals surface area contributed by atoms with E-state index in [1.54, 1.807) is 18.2 Å². The number of benzene rings is 2. The minimum Gasteiger partial charge on any atom is -0.406 e. The highest BCUT2D eigenvalue weighted by molar-refractivity contribution is 7.92. The number of hydrogen-bond donors (Lipinski definition) is 3. The van der Waals surface area contributed by atoms with Crippen molar-refractivity contribution in [2.24, 2.45) is 0 Å². The maximum atomic E-state index is 12.6. The highest BCUT2D eigenvalue weighted by atomic mass is 35.5. The minimum atomic E-state index is -4.88. The van der Waals surface area contributed by atoms with Crippen LogP contribution in [0.5, 0.6) is 5.75 Å². The lowest BCUT2D eigenvalue weighted by Gasteiger charge is -2.12. The van der Waals surface area contributed by atoms with Gasteiger partial charge in [0.2, 0.25) is 0 Å². The first-order chi connectivity index (χ1) is 15.0. The van der Waals surface area contributed by atoms with E-state index in [1.165, 1.54) is 12.1 Å². The molecule has 0 bridgehead atoms. The number of sulfonamides is 1. The fourth-order valence-electron chi connectivity index (χ4n) is 2.89. The molecule has 0 aliphatic rings. The third-order valence-corrected chi connectivity index (χ3v) is 6.01. The van der Waals surface area contributed by atoms with E-state index in [0.29, 0.717) is 22.3 Å². The third-order valence-electron chi connectivity index (χ3n) is 4.30. The number of fused-ring (bicyclic) bond motifs is 1. The Labute approximate surface area is 184 Å². The number of alkyl halides is 3. The molecule has 2 aromatic carbocycles.